The molecule has 0 aromatic heterocycles. The topological polar surface area (TPSA) is 18.5 Å². The fourth-order valence-electron chi connectivity index (χ4n) is 3.81. The Kier molecular flexibility index (Phi) is 3.18. The first-order valence-electron chi connectivity index (χ1n) is 7.05. The van der Waals surface area contributed by atoms with E-state index in [-0.39, 0.29) is 0 Å². The fourth-order valence-corrected chi connectivity index (χ4v) is 3.81. The lowest BCUT2D eigenvalue weighted by Crippen LogP contribution is -2.61. The Hall–Kier alpha value is -0.120. The fraction of sp³-hybridized carbons (Fsp3) is 1.00. The number of fused-ring (bicyclic) bond motifs is 1. The van der Waals surface area contributed by atoms with Gasteiger partial charge in [0.1, 0.15) is 0 Å². The van der Waals surface area contributed by atoms with Crippen molar-refractivity contribution in [2.45, 2.75) is 50.7 Å². The van der Waals surface area contributed by atoms with Gasteiger partial charge in [-0.1, -0.05) is 6.42 Å². The summed E-state index contributed by atoms with van der Waals surface area (Å²) in [5, 5.41) is 3.51. The second-order valence-corrected chi connectivity index (χ2v) is 5.84. The van der Waals surface area contributed by atoms with Crippen LogP contribution in [0.25, 0.3) is 0 Å². The third-order valence-electron chi connectivity index (χ3n) is 4.74. The normalized spacial score (nSPS) is 42.2. The molecule has 3 unspecified atom stereocenters. The van der Waals surface area contributed by atoms with Gasteiger partial charge in [-0.3, -0.25) is 9.80 Å². The first-order valence-corrected chi connectivity index (χ1v) is 7.05. The number of piperidine rings is 1. The van der Waals surface area contributed by atoms with Crippen molar-refractivity contribution < 1.29 is 0 Å². The average molecular weight is 223 g/mol. The van der Waals surface area contributed by atoms with E-state index in [1.165, 1.54) is 58.4 Å². The van der Waals surface area contributed by atoms with Crippen LogP contribution in [0.2, 0.25) is 0 Å². The number of piperazine rings is 1. The Morgan fingerprint density at radius 2 is 2.00 bits per heavy atom. The molecule has 0 bridgehead atoms. The Balaban J connectivity index is 1.66. The molecule has 1 N–H and O–H groups in total. The van der Waals surface area contributed by atoms with Crippen LogP contribution in [0.1, 0.15) is 32.6 Å². The third kappa shape index (κ3) is 2.01. The summed E-state index contributed by atoms with van der Waals surface area (Å²) in [6, 6.07) is 2.45. The molecule has 3 heterocycles. The zero-order chi connectivity index (χ0) is 11.0. The minimum Gasteiger partial charge on any atom is -0.315 e. The Morgan fingerprint density at radius 1 is 1.06 bits per heavy atom. The molecule has 3 saturated heterocycles. The molecule has 3 rings (SSSR count). The van der Waals surface area contributed by atoms with Crippen LogP contribution in [0, 0.1) is 0 Å². The molecule has 0 spiro atoms. The van der Waals surface area contributed by atoms with Gasteiger partial charge in [0.25, 0.3) is 0 Å². The van der Waals surface area contributed by atoms with Gasteiger partial charge in [-0.25, -0.2) is 0 Å². The molecule has 3 aliphatic rings. The molecule has 3 aliphatic heterocycles. The maximum Gasteiger partial charge on any atom is 0.0236 e. The molecular formula is C13H25N3. The van der Waals surface area contributed by atoms with Crippen LogP contribution < -0.4 is 5.32 Å². The van der Waals surface area contributed by atoms with E-state index in [0.717, 1.165) is 18.1 Å². The van der Waals surface area contributed by atoms with E-state index in [1.54, 1.807) is 0 Å². The minimum absolute atomic E-state index is 0.763. The second-order valence-electron chi connectivity index (χ2n) is 5.84. The summed E-state index contributed by atoms with van der Waals surface area (Å²) in [4.78, 5) is 5.53. The van der Waals surface area contributed by atoms with Gasteiger partial charge in [-0.2, -0.15) is 0 Å². The SMILES string of the molecule is CC1CN2CCCCC2CN1C1CCNC1. The van der Waals surface area contributed by atoms with Crippen LogP contribution >= 0.6 is 0 Å². The lowest BCUT2D eigenvalue weighted by Gasteiger charge is -2.49. The van der Waals surface area contributed by atoms with E-state index in [4.69, 9.17) is 0 Å². The van der Waals surface area contributed by atoms with Crippen LogP contribution in [0.5, 0.6) is 0 Å². The van der Waals surface area contributed by atoms with Crippen LogP contribution in [0.15, 0.2) is 0 Å². The largest absolute Gasteiger partial charge is 0.315 e. The first-order chi connectivity index (χ1) is 7.84. The van der Waals surface area contributed by atoms with Crippen molar-refractivity contribution in [2.24, 2.45) is 0 Å². The second kappa shape index (κ2) is 4.63. The number of hydrogen-bond donors (Lipinski definition) is 1. The van der Waals surface area contributed by atoms with E-state index in [9.17, 15) is 0 Å². The molecular weight excluding hydrogens is 198 g/mol. The highest BCUT2D eigenvalue weighted by Gasteiger charge is 2.36. The predicted octanol–water partition coefficient (Wildman–Crippen LogP) is 0.907. The molecule has 16 heavy (non-hydrogen) atoms. The number of rotatable bonds is 1. The summed E-state index contributed by atoms with van der Waals surface area (Å²) in [7, 11) is 0. The molecule has 3 nitrogen and oxygen atoms in total. The Labute approximate surface area is 99.2 Å². The maximum atomic E-state index is 3.51. The standard InChI is InChI=1S/C13H25N3/c1-11-9-15-7-3-2-4-13(15)10-16(11)12-5-6-14-8-12/h11-14H,2-10H2,1H3. The quantitative estimate of drug-likeness (QED) is 0.713. The molecule has 0 radical (unpaired) electrons. The van der Waals surface area contributed by atoms with Crippen molar-refractivity contribution >= 4 is 0 Å². The molecule has 3 heteroatoms. The minimum atomic E-state index is 0.763. The molecule has 0 amide bonds. The van der Waals surface area contributed by atoms with Crippen LogP contribution in [-0.4, -0.2) is 60.6 Å². The van der Waals surface area contributed by atoms with Crippen molar-refractivity contribution in [2.75, 3.05) is 32.7 Å². The third-order valence-corrected chi connectivity index (χ3v) is 4.74. The summed E-state index contributed by atoms with van der Waals surface area (Å²) in [5.41, 5.74) is 0. The first kappa shape index (κ1) is 11.0. The van der Waals surface area contributed by atoms with Gasteiger partial charge in [-0.05, 0) is 39.3 Å². The van der Waals surface area contributed by atoms with E-state index < -0.39 is 0 Å². The van der Waals surface area contributed by atoms with Crippen molar-refractivity contribution in [3.8, 4) is 0 Å². The van der Waals surface area contributed by atoms with Crippen LogP contribution in [0.3, 0.4) is 0 Å². The predicted molar refractivity (Wildman–Crippen MR) is 66.7 cm³/mol. The number of hydrogen-bond acceptors (Lipinski definition) is 3. The van der Waals surface area contributed by atoms with E-state index >= 15 is 0 Å². The van der Waals surface area contributed by atoms with E-state index in [1.807, 2.05) is 0 Å². The number of nitrogens with zero attached hydrogens (tertiary/aromatic N) is 2. The molecule has 0 aliphatic carbocycles. The van der Waals surface area contributed by atoms with Crippen molar-refractivity contribution in [1.82, 2.24) is 15.1 Å². The summed E-state index contributed by atoms with van der Waals surface area (Å²) >= 11 is 0. The van der Waals surface area contributed by atoms with Crippen LogP contribution in [0.4, 0.5) is 0 Å². The summed E-state index contributed by atoms with van der Waals surface area (Å²) in [6.45, 7) is 8.85. The molecule has 0 aromatic carbocycles. The molecule has 3 fully saturated rings. The van der Waals surface area contributed by atoms with Gasteiger partial charge < -0.3 is 5.32 Å². The smallest absolute Gasteiger partial charge is 0.0236 e. The monoisotopic (exact) mass is 223 g/mol. The molecule has 92 valence electrons. The van der Waals surface area contributed by atoms with Crippen molar-refractivity contribution in [1.29, 1.82) is 0 Å². The van der Waals surface area contributed by atoms with Crippen molar-refractivity contribution in [3.05, 3.63) is 0 Å². The molecule has 0 saturated carbocycles. The Morgan fingerprint density at radius 3 is 2.81 bits per heavy atom. The van der Waals surface area contributed by atoms with E-state index in [2.05, 4.69) is 22.0 Å². The van der Waals surface area contributed by atoms with E-state index in [0.29, 0.717) is 0 Å². The van der Waals surface area contributed by atoms with Gasteiger partial charge in [0, 0.05) is 37.8 Å². The van der Waals surface area contributed by atoms with Crippen molar-refractivity contribution in [3.63, 3.8) is 0 Å². The van der Waals surface area contributed by atoms with Gasteiger partial charge in [0.2, 0.25) is 0 Å². The van der Waals surface area contributed by atoms with Crippen LogP contribution in [-0.2, 0) is 0 Å². The highest BCUT2D eigenvalue weighted by molar-refractivity contribution is 4.93. The molecule has 3 atom stereocenters. The maximum absolute atomic E-state index is 3.51. The highest BCUT2D eigenvalue weighted by atomic mass is 15.3. The summed E-state index contributed by atoms with van der Waals surface area (Å²) in [5.74, 6) is 0. The van der Waals surface area contributed by atoms with Gasteiger partial charge in [0.15, 0.2) is 0 Å². The highest BCUT2D eigenvalue weighted by Crippen LogP contribution is 2.26. The Bertz CT molecular complexity index is 237. The van der Waals surface area contributed by atoms with Gasteiger partial charge >= 0.3 is 0 Å². The molecule has 0 aromatic rings. The summed E-state index contributed by atoms with van der Waals surface area (Å²) < 4.78 is 0. The number of nitrogens with one attached hydrogen (secondary N) is 1. The summed E-state index contributed by atoms with van der Waals surface area (Å²) in [6.07, 6.45) is 5.67. The zero-order valence-corrected chi connectivity index (χ0v) is 10.5. The lowest BCUT2D eigenvalue weighted by molar-refractivity contribution is -0.00361. The zero-order valence-electron chi connectivity index (χ0n) is 10.5. The lowest BCUT2D eigenvalue weighted by atomic mass is 9.96. The van der Waals surface area contributed by atoms with Gasteiger partial charge in [-0.15, -0.1) is 0 Å². The van der Waals surface area contributed by atoms with Gasteiger partial charge in [0.05, 0.1) is 0 Å². The average Bonchev–Trinajstić information content (AvgIpc) is 2.81.